The first-order chi connectivity index (χ1) is 10.2. The molecule has 2 heterocycles. The van der Waals surface area contributed by atoms with Crippen molar-refractivity contribution < 1.29 is 13.2 Å². The maximum atomic E-state index is 12.5. The summed E-state index contributed by atoms with van der Waals surface area (Å²) >= 11 is 0. The molecule has 2 aromatic heterocycles. The van der Waals surface area contributed by atoms with E-state index in [4.69, 9.17) is 5.73 Å². The van der Waals surface area contributed by atoms with Crippen LogP contribution in [0.4, 0.5) is 19.0 Å². The van der Waals surface area contributed by atoms with Gasteiger partial charge in [-0.1, -0.05) is 6.07 Å². The van der Waals surface area contributed by atoms with Crippen molar-refractivity contribution in [3.05, 3.63) is 56.5 Å². The van der Waals surface area contributed by atoms with E-state index >= 15 is 0 Å². The maximum absolute atomic E-state index is 12.5. The molecule has 0 atom stereocenters. The molecule has 22 heavy (non-hydrogen) atoms. The minimum absolute atomic E-state index is 0.171. The van der Waals surface area contributed by atoms with Crippen LogP contribution in [-0.2, 0) is 13.1 Å². The summed E-state index contributed by atoms with van der Waals surface area (Å²) in [5.74, 6) is -0.522. The number of nitrogen functional groups attached to an aromatic ring is 1. The highest BCUT2D eigenvalue weighted by molar-refractivity contribution is 5.27. The zero-order chi connectivity index (χ0) is 16.5. The third kappa shape index (κ3) is 3.35. The summed E-state index contributed by atoms with van der Waals surface area (Å²) in [6.45, 7) is -0.0502. The summed E-state index contributed by atoms with van der Waals surface area (Å²) in [5, 5.41) is 0. The zero-order valence-electron chi connectivity index (χ0n) is 11.6. The number of anilines is 1. The molecule has 0 saturated carbocycles. The Labute approximate surface area is 122 Å². The number of halogens is 3. The number of alkyl halides is 3. The first-order valence-corrected chi connectivity index (χ1v) is 6.26. The fraction of sp³-hybridized carbons (Fsp3) is 0.308. The van der Waals surface area contributed by atoms with Crippen molar-refractivity contribution in [2.24, 2.45) is 0 Å². The fourth-order valence-electron chi connectivity index (χ4n) is 1.97. The van der Waals surface area contributed by atoms with Gasteiger partial charge in [0.2, 0.25) is 0 Å². The standard InChI is InChI=1S/C13H13F3N4O2/c1-8-9(3-2-4-18-8)6-19-11(21)5-10(17)20(12(19)22)7-13(14,15)16/h2-5H,6-7,17H2,1H3. The maximum Gasteiger partial charge on any atom is 0.406 e. The van der Waals surface area contributed by atoms with Crippen molar-refractivity contribution in [1.29, 1.82) is 0 Å². The van der Waals surface area contributed by atoms with Gasteiger partial charge in [0.1, 0.15) is 12.4 Å². The number of aryl methyl sites for hydroxylation is 1. The van der Waals surface area contributed by atoms with Crippen molar-refractivity contribution >= 4 is 5.82 Å². The third-order valence-corrected chi connectivity index (χ3v) is 3.09. The molecule has 0 aliphatic heterocycles. The van der Waals surface area contributed by atoms with Crippen LogP contribution in [0.25, 0.3) is 0 Å². The van der Waals surface area contributed by atoms with Gasteiger partial charge in [-0.2, -0.15) is 13.2 Å². The molecule has 6 nitrogen and oxygen atoms in total. The minimum Gasteiger partial charge on any atom is -0.385 e. The van der Waals surface area contributed by atoms with E-state index < -0.39 is 29.8 Å². The zero-order valence-corrected chi connectivity index (χ0v) is 11.6. The normalized spacial score (nSPS) is 11.6. The van der Waals surface area contributed by atoms with Crippen LogP contribution in [0.2, 0.25) is 0 Å². The van der Waals surface area contributed by atoms with Gasteiger partial charge in [0.25, 0.3) is 5.56 Å². The van der Waals surface area contributed by atoms with Gasteiger partial charge in [0.05, 0.1) is 6.54 Å². The lowest BCUT2D eigenvalue weighted by atomic mass is 10.2. The topological polar surface area (TPSA) is 82.9 Å². The Bertz CT molecular complexity index is 808. The van der Waals surface area contributed by atoms with E-state index in [9.17, 15) is 22.8 Å². The quantitative estimate of drug-likeness (QED) is 0.912. The lowest BCUT2D eigenvalue weighted by Crippen LogP contribution is -2.42. The SMILES string of the molecule is Cc1ncccc1Cn1c(=O)cc(N)n(CC(F)(F)F)c1=O. The number of rotatable bonds is 3. The highest BCUT2D eigenvalue weighted by Gasteiger charge is 2.30. The molecule has 118 valence electrons. The fourth-order valence-corrected chi connectivity index (χ4v) is 1.97. The predicted molar refractivity (Wildman–Crippen MR) is 73.5 cm³/mol. The van der Waals surface area contributed by atoms with Crippen LogP contribution in [0.15, 0.2) is 34.0 Å². The Hall–Kier alpha value is -2.58. The van der Waals surface area contributed by atoms with Crippen LogP contribution in [0.5, 0.6) is 0 Å². The largest absolute Gasteiger partial charge is 0.406 e. The van der Waals surface area contributed by atoms with E-state index in [2.05, 4.69) is 4.98 Å². The molecular formula is C13H13F3N4O2. The molecule has 0 spiro atoms. The van der Waals surface area contributed by atoms with Crippen LogP contribution in [0.1, 0.15) is 11.3 Å². The van der Waals surface area contributed by atoms with Gasteiger partial charge in [-0.05, 0) is 18.6 Å². The first-order valence-electron chi connectivity index (χ1n) is 6.26. The molecule has 0 unspecified atom stereocenters. The van der Waals surface area contributed by atoms with Gasteiger partial charge in [-0.25, -0.2) is 4.79 Å². The van der Waals surface area contributed by atoms with Crippen LogP contribution in [-0.4, -0.2) is 20.3 Å². The van der Waals surface area contributed by atoms with Crippen LogP contribution in [0.3, 0.4) is 0 Å². The number of nitrogens with zero attached hydrogens (tertiary/aromatic N) is 3. The van der Waals surface area contributed by atoms with E-state index in [1.807, 2.05) is 0 Å². The van der Waals surface area contributed by atoms with Gasteiger partial charge < -0.3 is 5.73 Å². The summed E-state index contributed by atoms with van der Waals surface area (Å²) in [6, 6.07) is 4.05. The van der Waals surface area contributed by atoms with Gasteiger partial charge in [-0.3, -0.25) is 18.9 Å². The monoisotopic (exact) mass is 314 g/mol. The van der Waals surface area contributed by atoms with Gasteiger partial charge in [-0.15, -0.1) is 0 Å². The number of hydrogen-bond donors (Lipinski definition) is 1. The van der Waals surface area contributed by atoms with Crippen molar-refractivity contribution in [1.82, 2.24) is 14.1 Å². The first kappa shape index (κ1) is 15.8. The molecule has 2 aromatic rings. The van der Waals surface area contributed by atoms with Crippen molar-refractivity contribution in [2.45, 2.75) is 26.2 Å². The van der Waals surface area contributed by atoms with Gasteiger partial charge in [0, 0.05) is 18.0 Å². The summed E-state index contributed by atoms with van der Waals surface area (Å²) in [7, 11) is 0. The number of nitrogens with two attached hydrogens (primary N) is 1. The average molecular weight is 314 g/mol. The van der Waals surface area contributed by atoms with E-state index in [0.29, 0.717) is 20.4 Å². The molecule has 0 saturated heterocycles. The predicted octanol–water partition coefficient (Wildman–Crippen LogP) is 0.906. The van der Waals surface area contributed by atoms with E-state index in [1.165, 1.54) is 6.20 Å². The number of aromatic nitrogens is 3. The summed E-state index contributed by atoms with van der Waals surface area (Å²) in [5.41, 5.74) is 4.63. The van der Waals surface area contributed by atoms with Crippen molar-refractivity contribution in [3.63, 3.8) is 0 Å². The highest BCUT2D eigenvalue weighted by Crippen LogP contribution is 2.17. The van der Waals surface area contributed by atoms with Crippen molar-refractivity contribution in [2.75, 3.05) is 5.73 Å². The van der Waals surface area contributed by atoms with Crippen LogP contribution >= 0.6 is 0 Å². The van der Waals surface area contributed by atoms with E-state index in [-0.39, 0.29) is 6.54 Å². The molecular weight excluding hydrogens is 301 g/mol. The molecule has 0 fully saturated rings. The van der Waals surface area contributed by atoms with E-state index in [0.717, 1.165) is 6.07 Å². The molecule has 0 aromatic carbocycles. The molecule has 0 aliphatic carbocycles. The molecule has 0 bridgehead atoms. The third-order valence-electron chi connectivity index (χ3n) is 3.09. The second kappa shape index (κ2) is 5.66. The van der Waals surface area contributed by atoms with E-state index in [1.54, 1.807) is 19.1 Å². The highest BCUT2D eigenvalue weighted by atomic mass is 19.4. The summed E-state index contributed by atoms with van der Waals surface area (Å²) in [6.07, 6.45) is -3.09. The van der Waals surface area contributed by atoms with Crippen LogP contribution < -0.4 is 17.0 Å². The Kier molecular flexibility index (Phi) is 4.07. The average Bonchev–Trinajstić information content (AvgIpc) is 2.40. The Morgan fingerprint density at radius 3 is 2.55 bits per heavy atom. The Balaban J connectivity index is 2.53. The van der Waals surface area contributed by atoms with Crippen molar-refractivity contribution in [3.8, 4) is 0 Å². The smallest absolute Gasteiger partial charge is 0.385 e. The number of pyridine rings is 1. The van der Waals surface area contributed by atoms with Crippen LogP contribution in [0, 0.1) is 6.92 Å². The molecule has 0 amide bonds. The number of hydrogen-bond acceptors (Lipinski definition) is 4. The molecule has 9 heteroatoms. The summed E-state index contributed by atoms with van der Waals surface area (Å²) in [4.78, 5) is 28.0. The molecule has 2 rings (SSSR count). The second-order valence-corrected chi connectivity index (χ2v) is 4.73. The molecule has 0 radical (unpaired) electrons. The van der Waals surface area contributed by atoms with Gasteiger partial charge >= 0.3 is 11.9 Å². The lowest BCUT2D eigenvalue weighted by molar-refractivity contribution is -0.141. The Morgan fingerprint density at radius 2 is 1.95 bits per heavy atom. The second-order valence-electron chi connectivity index (χ2n) is 4.73. The lowest BCUT2D eigenvalue weighted by Gasteiger charge is -2.14. The Morgan fingerprint density at radius 1 is 1.27 bits per heavy atom. The molecule has 0 aliphatic rings. The van der Waals surface area contributed by atoms with Gasteiger partial charge in [0.15, 0.2) is 0 Å². The minimum atomic E-state index is -4.62. The molecule has 2 N–H and O–H groups in total. The summed E-state index contributed by atoms with van der Waals surface area (Å²) < 4.78 is 38.6.